The molecule has 0 aliphatic heterocycles. The molecule has 0 spiro atoms. The van der Waals surface area contributed by atoms with Crippen molar-refractivity contribution in [1.82, 2.24) is 5.32 Å². The van der Waals surface area contributed by atoms with Gasteiger partial charge in [0.15, 0.2) is 0 Å². The van der Waals surface area contributed by atoms with E-state index in [1.165, 1.54) is 0 Å². The average Bonchev–Trinajstić information content (AvgIpc) is 2.61. The summed E-state index contributed by atoms with van der Waals surface area (Å²) in [6, 6.07) is 16.2. The molecule has 4 N–H and O–H groups in total. The molecular weight excluding hydrogens is 318 g/mol. The van der Waals surface area contributed by atoms with Gasteiger partial charge in [-0.25, -0.2) is 9.59 Å². The number of primary amides is 1. The van der Waals surface area contributed by atoms with E-state index in [1.54, 1.807) is 12.1 Å². The summed E-state index contributed by atoms with van der Waals surface area (Å²) in [6.45, 7) is 0.750. The smallest absolute Gasteiger partial charge is 0.407 e. The van der Waals surface area contributed by atoms with Crippen LogP contribution >= 0.6 is 0 Å². The molecule has 0 radical (unpaired) electrons. The molecule has 6 nitrogen and oxygen atoms in total. The van der Waals surface area contributed by atoms with Gasteiger partial charge in [0.2, 0.25) is 0 Å². The normalized spacial score (nSPS) is 10.4. The summed E-state index contributed by atoms with van der Waals surface area (Å²) in [5.41, 5.74) is 7.63. The van der Waals surface area contributed by atoms with Gasteiger partial charge in [0.1, 0.15) is 6.61 Å². The van der Waals surface area contributed by atoms with Gasteiger partial charge in [-0.05, 0) is 29.7 Å². The highest BCUT2D eigenvalue weighted by molar-refractivity contribution is 5.87. The van der Waals surface area contributed by atoms with Gasteiger partial charge in [-0.2, -0.15) is 0 Å². The largest absolute Gasteiger partial charge is 0.445 e. The van der Waals surface area contributed by atoms with Gasteiger partial charge in [0.05, 0.1) is 0 Å². The minimum atomic E-state index is -0.589. The second kappa shape index (κ2) is 9.77. The fraction of sp³-hybridized carbons (Fsp3) is 0.158. The van der Waals surface area contributed by atoms with Crippen molar-refractivity contribution >= 4 is 23.9 Å². The number of hydrogen-bond acceptors (Lipinski definition) is 3. The predicted molar refractivity (Wildman–Crippen MR) is 97.9 cm³/mol. The molecule has 0 fully saturated rings. The second-order valence-electron chi connectivity index (χ2n) is 5.29. The van der Waals surface area contributed by atoms with E-state index in [0.29, 0.717) is 18.7 Å². The lowest BCUT2D eigenvalue weighted by Crippen LogP contribution is -2.24. The quantitative estimate of drug-likeness (QED) is 0.674. The number of nitrogens with one attached hydrogen (secondary N) is 2. The lowest BCUT2D eigenvalue weighted by atomic mass is 10.2. The molecule has 0 saturated carbocycles. The van der Waals surface area contributed by atoms with E-state index < -0.39 is 12.1 Å². The molecule has 0 aliphatic rings. The molecule has 0 aromatic heterocycles. The first-order chi connectivity index (χ1) is 12.1. The van der Waals surface area contributed by atoms with E-state index in [1.807, 2.05) is 54.6 Å². The Kier molecular flexibility index (Phi) is 7.06. The van der Waals surface area contributed by atoms with Gasteiger partial charge in [-0.3, -0.25) is 0 Å². The number of carbonyl (C=O) groups excluding carboxylic acids is 2. The molecule has 6 heteroatoms. The van der Waals surface area contributed by atoms with Crippen LogP contribution in [-0.2, 0) is 11.3 Å². The van der Waals surface area contributed by atoms with E-state index in [-0.39, 0.29) is 6.61 Å². The summed E-state index contributed by atoms with van der Waals surface area (Å²) < 4.78 is 5.12. The van der Waals surface area contributed by atoms with Crippen molar-refractivity contribution in [2.45, 2.75) is 13.0 Å². The van der Waals surface area contributed by atoms with Gasteiger partial charge in [0.25, 0.3) is 0 Å². The van der Waals surface area contributed by atoms with E-state index in [9.17, 15) is 9.59 Å². The third kappa shape index (κ3) is 7.22. The van der Waals surface area contributed by atoms with Gasteiger partial charge in [-0.15, -0.1) is 0 Å². The molecule has 0 aliphatic carbocycles. The van der Waals surface area contributed by atoms with Crippen molar-refractivity contribution in [3.63, 3.8) is 0 Å². The van der Waals surface area contributed by atoms with Crippen molar-refractivity contribution in [2.24, 2.45) is 5.73 Å². The van der Waals surface area contributed by atoms with Crippen molar-refractivity contribution < 1.29 is 14.3 Å². The fourth-order valence-electron chi connectivity index (χ4n) is 2.07. The highest BCUT2D eigenvalue weighted by atomic mass is 16.5. The van der Waals surface area contributed by atoms with E-state index in [4.69, 9.17) is 10.5 Å². The fourth-order valence-corrected chi connectivity index (χ4v) is 2.07. The topological polar surface area (TPSA) is 93.5 Å². The average molecular weight is 339 g/mol. The van der Waals surface area contributed by atoms with Crippen LogP contribution in [0.1, 0.15) is 17.5 Å². The summed E-state index contributed by atoms with van der Waals surface area (Å²) in [5.74, 6) is 0. The Morgan fingerprint density at radius 1 is 1.04 bits per heavy atom. The molecule has 25 heavy (non-hydrogen) atoms. The number of anilines is 1. The van der Waals surface area contributed by atoms with Crippen LogP contribution in [0.5, 0.6) is 0 Å². The first-order valence-electron chi connectivity index (χ1n) is 7.91. The zero-order chi connectivity index (χ0) is 17.9. The zero-order valence-corrected chi connectivity index (χ0v) is 13.8. The summed E-state index contributed by atoms with van der Waals surface area (Å²) in [4.78, 5) is 22.3. The van der Waals surface area contributed by atoms with Crippen LogP contribution in [-0.4, -0.2) is 18.7 Å². The van der Waals surface area contributed by atoms with Crippen molar-refractivity contribution in [2.75, 3.05) is 11.9 Å². The number of alkyl carbamates (subject to hydrolysis) is 1. The Labute approximate surface area is 146 Å². The predicted octanol–water partition coefficient (Wildman–Crippen LogP) is 3.51. The molecule has 0 bridgehead atoms. The first kappa shape index (κ1) is 18.1. The molecule has 0 unspecified atom stereocenters. The monoisotopic (exact) mass is 339 g/mol. The number of ether oxygens (including phenoxy) is 1. The molecule has 2 aromatic rings. The van der Waals surface area contributed by atoms with Crippen LogP contribution in [0.3, 0.4) is 0 Å². The summed E-state index contributed by atoms with van der Waals surface area (Å²) in [6.07, 6.45) is 4.14. The number of nitrogens with two attached hydrogens (primary N) is 1. The Morgan fingerprint density at radius 3 is 2.44 bits per heavy atom. The summed E-state index contributed by atoms with van der Waals surface area (Å²) in [5, 5.41) is 5.19. The minimum absolute atomic E-state index is 0.258. The minimum Gasteiger partial charge on any atom is -0.445 e. The molecular formula is C19H21N3O3. The van der Waals surface area contributed by atoms with Gasteiger partial charge < -0.3 is 21.1 Å². The Balaban J connectivity index is 1.64. The van der Waals surface area contributed by atoms with Crippen molar-refractivity contribution in [3.8, 4) is 0 Å². The van der Waals surface area contributed by atoms with Crippen LogP contribution < -0.4 is 16.4 Å². The highest BCUT2D eigenvalue weighted by Crippen LogP contribution is 2.10. The standard InChI is InChI=1S/C19H21N3O3/c20-18(23)22-17-11-9-15(10-12-17)6-4-5-13-21-19(24)25-14-16-7-2-1-3-8-16/h1-4,6-12H,5,13-14H2,(H,21,24)(H3,20,22,23). The maximum Gasteiger partial charge on any atom is 0.407 e. The zero-order valence-electron chi connectivity index (χ0n) is 13.8. The highest BCUT2D eigenvalue weighted by Gasteiger charge is 2.00. The molecule has 3 amide bonds. The van der Waals surface area contributed by atoms with Gasteiger partial charge in [-0.1, -0.05) is 54.6 Å². The van der Waals surface area contributed by atoms with Crippen LogP contribution in [0.25, 0.3) is 6.08 Å². The molecule has 130 valence electrons. The lowest BCUT2D eigenvalue weighted by molar-refractivity contribution is 0.140. The molecule has 0 heterocycles. The Morgan fingerprint density at radius 2 is 1.76 bits per heavy atom. The summed E-state index contributed by atoms with van der Waals surface area (Å²) >= 11 is 0. The second-order valence-corrected chi connectivity index (χ2v) is 5.29. The number of amides is 3. The van der Waals surface area contributed by atoms with Crippen LogP contribution in [0.4, 0.5) is 15.3 Å². The molecule has 0 atom stereocenters. The summed E-state index contributed by atoms with van der Waals surface area (Å²) in [7, 11) is 0. The maximum atomic E-state index is 11.6. The maximum absolute atomic E-state index is 11.6. The van der Waals surface area contributed by atoms with Gasteiger partial charge in [0, 0.05) is 12.2 Å². The molecule has 2 rings (SSSR count). The number of hydrogen-bond donors (Lipinski definition) is 3. The Bertz CT molecular complexity index is 712. The molecule has 0 saturated heterocycles. The van der Waals surface area contributed by atoms with Crippen molar-refractivity contribution in [1.29, 1.82) is 0 Å². The van der Waals surface area contributed by atoms with E-state index in [0.717, 1.165) is 11.1 Å². The Hall–Kier alpha value is -3.28. The van der Waals surface area contributed by atoms with Crippen LogP contribution in [0.15, 0.2) is 60.7 Å². The van der Waals surface area contributed by atoms with Crippen LogP contribution in [0, 0.1) is 0 Å². The molecule has 2 aromatic carbocycles. The third-order valence-electron chi connectivity index (χ3n) is 3.28. The SMILES string of the molecule is NC(=O)Nc1ccc(C=CCCNC(=O)OCc2ccccc2)cc1. The van der Waals surface area contributed by atoms with Gasteiger partial charge >= 0.3 is 12.1 Å². The lowest BCUT2D eigenvalue weighted by Gasteiger charge is -2.06. The number of urea groups is 1. The first-order valence-corrected chi connectivity index (χ1v) is 7.91. The van der Waals surface area contributed by atoms with Crippen LogP contribution in [0.2, 0.25) is 0 Å². The number of rotatable bonds is 7. The van der Waals surface area contributed by atoms with E-state index in [2.05, 4.69) is 10.6 Å². The third-order valence-corrected chi connectivity index (χ3v) is 3.28. The van der Waals surface area contributed by atoms with Crippen molar-refractivity contribution in [3.05, 3.63) is 71.8 Å². The number of benzene rings is 2. The van der Waals surface area contributed by atoms with E-state index >= 15 is 0 Å². The number of carbonyl (C=O) groups is 2.